The minimum atomic E-state index is -1.01. The number of rotatable bonds is 11. The van der Waals surface area contributed by atoms with Gasteiger partial charge in [0.05, 0.1) is 30.5 Å². The molecule has 1 atom stereocenters. The van der Waals surface area contributed by atoms with E-state index in [1.165, 1.54) is 4.90 Å². The maximum Gasteiger partial charge on any atom is 0.350 e. The van der Waals surface area contributed by atoms with Crippen LogP contribution < -0.4 is 14.4 Å². The zero-order valence-corrected chi connectivity index (χ0v) is 24.2. The first-order valence-corrected chi connectivity index (χ1v) is 14.1. The van der Waals surface area contributed by atoms with Crippen molar-refractivity contribution in [1.82, 2.24) is 4.98 Å². The lowest BCUT2D eigenvalue weighted by Gasteiger charge is -2.23. The summed E-state index contributed by atoms with van der Waals surface area (Å²) in [5, 5.41) is 11.7. The molecule has 0 radical (unpaired) electrons. The van der Waals surface area contributed by atoms with Gasteiger partial charge in [0.1, 0.15) is 28.7 Å². The van der Waals surface area contributed by atoms with Gasteiger partial charge in [-0.05, 0) is 68.7 Å². The lowest BCUT2D eigenvalue weighted by molar-refractivity contribution is -0.132. The van der Waals surface area contributed by atoms with Crippen molar-refractivity contribution < 1.29 is 33.7 Å². The Morgan fingerprint density at radius 3 is 2.44 bits per heavy atom. The molecule has 9 nitrogen and oxygen atoms in total. The number of esters is 1. The minimum Gasteiger partial charge on any atom is -0.507 e. The highest BCUT2D eigenvalue weighted by molar-refractivity contribution is 7.17. The summed E-state index contributed by atoms with van der Waals surface area (Å²) in [6.45, 7) is 11.8. The molecular weight excluding hydrogens is 544 g/mol. The topological polar surface area (TPSA) is 115 Å². The van der Waals surface area contributed by atoms with Crippen LogP contribution in [0.25, 0.3) is 5.76 Å². The van der Waals surface area contributed by atoms with Crippen LogP contribution in [0.2, 0.25) is 0 Å². The maximum absolute atomic E-state index is 13.6. The number of amides is 1. The molecule has 2 heterocycles. The Kier molecular flexibility index (Phi) is 9.24. The molecule has 10 heteroatoms. The number of aliphatic hydroxyl groups is 1. The number of ketones is 1. The molecule has 0 saturated carbocycles. The van der Waals surface area contributed by atoms with Crippen molar-refractivity contribution in [1.29, 1.82) is 0 Å². The summed E-state index contributed by atoms with van der Waals surface area (Å²) in [6.07, 6.45) is 2.46. The number of hydrogen-bond acceptors (Lipinski definition) is 9. The highest BCUT2D eigenvalue weighted by Crippen LogP contribution is 2.44. The zero-order chi connectivity index (χ0) is 29.7. The Morgan fingerprint density at radius 2 is 1.80 bits per heavy atom. The van der Waals surface area contributed by atoms with Gasteiger partial charge in [0, 0.05) is 5.56 Å². The second-order valence-corrected chi connectivity index (χ2v) is 10.3. The Morgan fingerprint density at radius 1 is 1.10 bits per heavy atom. The number of anilines is 1. The van der Waals surface area contributed by atoms with Gasteiger partial charge in [0.2, 0.25) is 0 Å². The van der Waals surface area contributed by atoms with Crippen LogP contribution in [0, 0.1) is 13.8 Å². The lowest BCUT2D eigenvalue weighted by Crippen LogP contribution is -2.29. The average molecular weight is 577 g/mol. The molecule has 1 fully saturated rings. The van der Waals surface area contributed by atoms with Crippen molar-refractivity contribution in [2.75, 3.05) is 24.7 Å². The molecule has 4 rings (SSSR count). The first-order chi connectivity index (χ1) is 19.7. The molecule has 1 aromatic heterocycles. The Labute approximate surface area is 242 Å². The standard InChI is InChI=1S/C31H32N2O7S/c1-6-15-39-21-11-9-20(10-12-21)25-24(26(34)23-14-13-22(17-18(23)4)40-16-7-2)27(35)29(36)33(25)31-32-19(5)28(41-31)30(37)38-8-3/h6,9-14,17,25,34H,1,7-8,15-16H2,2-5H3/b26-24-. The number of carbonyl (C=O) groups is 3. The first kappa shape index (κ1) is 29.5. The molecule has 0 bridgehead atoms. The summed E-state index contributed by atoms with van der Waals surface area (Å²) in [5.74, 6) is -1.41. The third-order valence-electron chi connectivity index (χ3n) is 6.39. The van der Waals surface area contributed by atoms with E-state index >= 15 is 0 Å². The van der Waals surface area contributed by atoms with E-state index in [0.717, 1.165) is 17.8 Å². The largest absolute Gasteiger partial charge is 0.507 e. The van der Waals surface area contributed by atoms with Crippen LogP contribution in [0.4, 0.5) is 5.13 Å². The van der Waals surface area contributed by atoms with Gasteiger partial charge in [-0.2, -0.15) is 0 Å². The highest BCUT2D eigenvalue weighted by atomic mass is 32.1. The van der Waals surface area contributed by atoms with Gasteiger partial charge in [0.25, 0.3) is 5.78 Å². The van der Waals surface area contributed by atoms with Crippen molar-refractivity contribution in [3.8, 4) is 11.5 Å². The van der Waals surface area contributed by atoms with Gasteiger partial charge >= 0.3 is 11.9 Å². The third-order valence-corrected chi connectivity index (χ3v) is 7.52. The Balaban J connectivity index is 1.86. The highest BCUT2D eigenvalue weighted by Gasteiger charge is 2.48. The quantitative estimate of drug-likeness (QED) is 0.0984. The molecule has 3 aromatic rings. The van der Waals surface area contributed by atoms with Gasteiger partial charge in [-0.15, -0.1) is 0 Å². The van der Waals surface area contributed by atoms with Crippen molar-refractivity contribution in [3.05, 3.63) is 88.0 Å². The van der Waals surface area contributed by atoms with Crippen LogP contribution in [-0.4, -0.2) is 47.6 Å². The van der Waals surface area contributed by atoms with E-state index in [1.54, 1.807) is 69.3 Å². The molecule has 1 amide bonds. The number of thiazole rings is 1. The fourth-order valence-corrected chi connectivity index (χ4v) is 5.46. The second-order valence-electron chi connectivity index (χ2n) is 9.29. The minimum absolute atomic E-state index is 0.0920. The van der Waals surface area contributed by atoms with Crippen LogP contribution in [0.1, 0.15) is 58.4 Å². The molecule has 1 aliphatic heterocycles. The van der Waals surface area contributed by atoms with Crippen molar-refractivity contribution in [2.45, 2.75) is 40.2 Å². The van der Waals surface area contributed by atoms with Gasteiger partial charge in [-0.1, -0.05) is 43.0 Å². The Bertz CT molecular complexity index is 1510. The molecule has 1 unspecified atom stereocenters. The van der Waals surface area contributed by atoms with E-state index < -0.39 is 23.7 Å². The maximum atomic E-state index is 13.6. The van der Waals surface area contributed by atoms with Gasteiger partial charge in [-0.3, -0.25) is 14.5 Å². The number of carbonyl (C=O) groups excluding carboxylic acids is 3. The number of benzene rings is 2. The van der Waals surface area contributed by atoms with Gasteiger partial charge in [-0.25, -0.2) is 9.78 Å². The zero-order valence-electron chi connectivity index (χ0n) is 23.4. The van der Waals surface area contributed by atoms with E-state index in [-0.39, 0.29) is 27.9 Å². The smallest absolute Gasteiger partial charge is 0.350 e. The van der Waals surface area contributed by atoms with Crippen molar-refractivity contribution in [2.24, 2.45) is 0 Å². The SMILES string of the molecule is C=CCOc1ccc(C2/C(=C(/O)c3ccc(OCCC)cc3C)C(=O)C(=O)N2c2nc(C)c(C(=O)OCC)s2)cc1. The molecule has 1 aliphatic rings. The molecule has 1 N–H and O–H groups in total. The molecule has 214 valence electrons. The number of aromatic nitrogens is 1. The summed E-state index contributed by atoms with van der Waals surface area (Å²) in [7, 11) is 0. The predicted octanol–water partition coefficient (Wildman–Crippen LogP) is 5.92. The van der Waals surface area contributed by atoms with E-state index in [2.05, 4.69) is 11.6 Å². The van der Waals surface area contributed by atoms with Gasteiger partial charge in [0.15, 0.2) is 5.13 Å². The number of nitrogens with zero attached hydrogens (tertiary/aromatic N) is 2. The fourth-order valence-electron chi connectivity index (χ4n) is 4.47. The van der Waals surface area contributed by atoms with Crippen molar-refractivity contribution >= 4 is 39.9 Å². The lowest BCUT2D eigenvalue weighted by atomic mass is 9.94. The number of aliphatic hydroxyl groups excluding tert-OH is 1. The molecule has 0 aliphatic carbocycles. The Hall–Kier alpha value is -4.44. The number of aryl methyl sites for hydroxylation is 2. The number of Topliss-reactive ketones (excluding diaryl/α,β-unsaturated/α-hetero) is 1. The summed E-state index contributed by atoms with van der Waals surface area (Å²) < 4.78 is 16.4. The number of hydrogen-bond donors (Lipinski definition) is 1. The van der Waals surface area contributed by atoms with Crippen LogP contribution >= 0.6 is 11.3 Å². The van der Waals surface area contributed by atoms with E-state index in [1.807, 2.05) is 6.92 Å². The molecule has 2 aromatic carbocycles. The summed E-state index contributed by atoms with van der Waals surface area (Å²) in [6, 6.07) is 11.0. The number of ether oxygens (including phenoxy) is 3. The summed E-state index contributed by atoms with van der Waals surface area (Å²) in [4.78, 5) is 45.5. The van der Waals surface area contributed by atoms with Crippen LogP contribution in [0.3, 0.4) is 0 Å². The van der Waals surface area contributed by atoms with Crippen molar-refractivity contribution in [3.63, 3.8) is 0 Å². The second kappa shape index (κ2) is 12.8. The summed E-state index contributed by atoms with van der Waals surface area (Å²) in [5.41, 5.74) is 1.89. The summed E-state index contributed by atoms with van der Waals surface area (Å²) >= 11 is 0.956. The molecule has 0 spiro atoms. The average Bonchev–Trinajstić information content (AvgIpc) is 3.47. The monoisotopic (exact) mass is 576 g/mol. The van der Waals surface area contributed by atoms with Crippen LogP contribution in [0.5, 0.6) is 11.5 Å². The molecular formula is C31H32N2O7S. The van der Waals surface area contributed by atoms with E-state index in [9.17, 15) is 19.5 Å². The molecule has 1 saturated heterocycles. The fraction of sp³-hybridized carbons (Fsp3) is 0.290. The van der Waals surface area contributed by atoms with Crippen LogP contribution in [-0.2, 0) is 14.3 Å². The molecule has 41 heavy (non-hydrogen) atoms. The van der Waals surface area contributed by atoms with Gasteiger partial charge < -0.3 is 19.3 Å². The van der Waals surface area contributed by atoms with Crippen LogP contribution in [0.15, 0.2) is 60.7 Å². The van der Waals surface area contributed by atoms with E-state index in [0.29, 0.717) is 47.1 Å². The third kappa shape index (κ3) is 6.02. The first-order valence-electron chi connectivity index (χ1n) is 13.2. The normalized spacial score (nSPS) is 16.1. The van der Waals surface area contributed by atoms with E-state index in [4.69, 9.17) is 14.2 Å². The predicted molar refractivity (Wildman–Crippen MR) is 157 cm³/mol.